The molecule has 2 rings (SSSR count). The maximum atomic E-state index is 13.9. The van der Waals surface area contributed by atoms with E-state index in [1.54, 1.807) is 0 Å². The first-order chi connectivity index (χ1) is 8.77. The minimum absolute atomic E-state index is 0.0672. The molecule has 0 saturated heterocycles. The summed E-state index contributed by atoms with van der Waals surface area (Å²) < 4.78 is 64.7. The van der Waals surface area contributed by atoms with Gasteiger partial charge in [0.2, 0.25) is 0 Å². The Morgan fingerprint density at radius 1 is 1.37 bits per heavy atom. The Kier molecular flexibility index (Phi) is 3.24. The first-order valence-corrected chi connectivity index (χ1v) is 5.53. The van der Waals surface area contributed by atoms with Gasteiger partial charge in [0.05, 0.1) is 5.56 Å². The lowest BCUT2D eigenvalue weighted by molar-refractivity contribution is -0.140. The lowest BCUT2D eigenvalue weighted by Gasteiger charge is -2.14. The maximum absolute atomic E-state index is 13.9. The third kappa shape index (κ3) is 2.41. The van der Waals surface area contributed by atoms with E-state index in [0.717, 1.165) is 6.07 Å². The lowest BCUT2D eigenvalue weighted by atomic mass is 9.98. The van der Waals surface area contributed by atoms with Gasteiger partial charge < -0.3 is 5.32 Å². The van der Waals surface area contributed by atoms with Crippen molar-refractivity contribution in [2.45, 2.75) is 24.7 Å². The molecule has 0 aliphatic heterocycles. The highest BCUT2D eigenvalue weighted by Gasteiger charge is 2.45. The van der Waals surface area contributed by atoms with E-state index in [9.17, 15) is 26.7 Å². The minimum atomic E-state index is -4.87. The van der Waals surface area contributed by atoms with Gasteiger partial charge >= 0.3 is 6.18 Å². The van der Waals surface area contributed by atoms with Crippen molar-refractivity contribution in [2.75, 3.05) is 7.05 Å². The molecular formula is C12H10F5NO. The summed E-state index contributed by atoms with van der Waals surface area (Å²) in [5.74, 6) is -3.27. The summed E-state index contributed by atoms with van der Waals surface area (Å²) in [5, 5.41) is 2.20. The standard InChI is InChI=1S/C12H10F5NO/c1-18-11(19)5-2-3-7(12(15,16)17)10(14)9(5)6-4-8(6)13/h2-3,6,8H,4H2,1H3,(H,18,19)/t6?,8-/m1/s1. The smallest absolute Gasteiger partial charge is 0.355 e. The van der Waals surface area contributed by atoms with Crippen LogP contribution in [0.5, 0.6) is 0 Å². The number of carbonyl (C=O) groups is 1. The second kappa shape index (κ2) is 4.47. The van der Waals surface area contributed by atoms with E-state index in [1.165, 1.54) is 7.05 Å². The van der Waals surface area contributed by atoms with Gasteiger partial charge in [-0.2, -0.15) is 13.2 Å². The predicted octanol–water partition coefficient (Wildman–Crippen LogP) is 3.03. The number of alkyl halides is 4. The van der Waals surface area contributed by atoms with E-state index < -0.39 is 41.1 Å². The van der Waals surface area contributed by atoms with Crippen LogP contribution in [0, 0.1) is 5.82 Å². The summed E-state index contributed by atoms with van der Waals surface area (Å²) in [4.78, 5) is 11.5. The van der Waals surface area contributed by atoms with E-state index in [2.05, 4.69) is 5.32 Å². The molecule has 7 heteroatoms. The zero-order chi connectivity index (χ0) is 14.4. The molecule has 0 heterocycles. The molecule has 19 heavy (non-hydrogen) atoms. The molecule has 0 bridgehead atoms. The number of carbonyl (C=O) groups excluding carboxylic acids is 1. The number of halogens is 5. The molecular weight excluding hydrogens is 269 g/mol. The number of hydrogen-bond donors (Lipinski definition) is 1. The third-order valence-electron chi connectivity index (χ3n) is 3.04. The van der Waals surface area contributed by atoms with Crippen molar-refractivity contribution >= 4 is 5.91 Å². The predicted molar refractivity (Wildman–Crippen MR) is 57.0 cm³/mol. The molecule has 1 unspecified atom stereocenters. The van der Waals surface area contributed by atoms with E-state index in [0.29, 0.717) is 6.07 Å². The first kappa shape index (κ1) is 13.8. The van der Waals surface area contributed by atoms with Crippen LogP contribution in [0.15, 0.2) is 12.1 Å². The van der Waals surface area contributed by atoms with Gasteiger partial charge in [-0.3, -0.25) is 4.79 Å². The number of nitrogens with one attached hydrogen (secondary N) is 1. The fraction of sp³-hybridized carbons (Fsp3) is 0.417. The Morgan fingerprint density at radius 2 is 1.95 bits per heavy atom. The third-order valence-corrected chi connectivity index (χ3v) is 3.04. The van der Waals surface area contributed by atoms with Crippen LogP contribution in [0.25, 0.3) is 0 Å². The zero-order valence-electron chi connectivity index (χ0n) is 9.81. The van der Waals surface area contributed by atoms with Crippen LogP contribution < -0.4 is 5.32 Å². The number of benzene rings is 1. The molecule has 1 N–H and O–H groups in total. The molecule has 1 aromatic rings. The second-order valence-corrected chi connectivity index (χ2v) is 4.32. The Balaban J connectivity index is 2.59. The topological polar surface area (TPSA) is 29.1 Å². The van der Waals surface area contributed by atoms with Crippen molar-refractivity contribution in [3.8, 4) is 0 Å². The van der Waals surface area contributed by atoms with Gasteiger partial charge in [0.25, 0.3) is 5.91 Å². The summed E-state index contributed by atoms with van der Waals surface area (Å²) in [7, 11) is 1.27. The fourth-order valence-electron chi connectivity index (χ4n) is 1.97. The SMILES string of the molecule is CNC(=O)c1ccc(C(F)(F)F)c(F)c1C1C[C@H]1F. The average molecular weight is 279 g/mol. The molecule has 2 atom stereocenters. The summed E-state index contributed by atoms with van der Waals surface area (Å²) in [6.45, 7) is 0. The minimum Gasteiger partial charge on any atom is -0.355 e. The molecule has 1 saturated carbocycles. The summed E-state index contributed by atoms with van der Waals surface area (Å²) >= 11 is 0. The summed E-state index contributed by atoms with van der Waals surface area (Å²) in [6, 6.07) is 1.38. The molecule has 1 amide bonds. The fourth-order valence-corrected chi connectivity index (χ4v) is 1.97. The maximum Gasteiger partial charge on any atom is 0.419 e. The number of rotatable bonds is 2. The van der Waals surface area contributed by atoms with Crippen LogP contribution in [0.1, 0.15) is 33.8 Å². The van der Waals surface area contributed by atoms with E-state index in [-0.39, 0.29) is 12.0 Å². The van der Waals surface area contributed by atoms with Crippen molar-refractivity contribution in [1.29, 1.82) is 0 Å². The summed E-state index contributed by atoms with van der Waals surface area (Å²) in [6.07, 6.45) is -6.34. The van der Waals surface area contributed by atoms with Gasteiger partial charge in [0.15, 0.2) is 0 Å². The van der Waals surface area contributed by atoms with Crippen molar-refractivity contribution in [3.05, 3.63) is 34.6 Å². The van der Waals surface area contributed by atoms with Crippen LogP contribution in [-0.4, -0.2) is 19.1 Å². The van der Waals surface area contributed by atoms with Gasteiger partial charge in [-0.1, -0.05) is 0 Å². The first-order valence-electron chi connectivity index (χ1n) is 5.53. The van der Waals surface area contributed by atoms with Crippen molar-refractivity contribution < 1.29 is 26.7 Å². The van der Waals surface area contributed by atoms with E-state index in [1.807, 2.05) is 0 Å². The summed E-state index contributed by atoms with van der Waals surface area (Å²) in [5.41, 5.74) is -2.21. The largest absolute Gasteiger partial charge is 0.419 e. The second-order valence-electron chi connectivity index (χ2n) is 4.32. The molecule has 1 aliphatic carbocycles. The quantitative estimate of drug-likeness (QED) is 0.828. The molecule has 0 spiro atoms. The number of amides is 1. The molecule has 1 aliphatic rings. The Hall–Kier alpha value is -1.66. The lowest BCUT2D eigenvalue weighted by Crippen LogP contribution is -2.22. The van der Waals surface area contributed by atoms with Crippen molar-refractivity contribution in [3.63, 3.8) is 0 Å². The van der Waals surface area contributed by atoms with E-state index >= 15 is 0 Å². The van der Waals surface area contributed by atoms with Gasteiger partial charge in [-0.05, 0) is 18.6 Å². The number of hydrogen-bond acceptors (Lipinski definition) is 1. The Labute approximate surface area is 105 Å². The molecule has 1 aromatic carbocycles. The highest BCUT2D eigenvalue weighted by atomic mass is 19.4. The molecule has 0 aromatic heterocycles. The van der Waals surface area contributed by atoms with Gasteiger partial charge in [0.1, 0.15) is 12.0 Å². The van der Waals surface area contributed by atoms with Gasteiger partial charge in [0, 0.05) is 24.1 Å². The zero-order valence-corrected chi connectivity index (χ0v) is 9.81. The highest BCUT2D eigenvalue weighted by Crippen LogP contribution is 2.47. The van der Waals surface area contributed by atoms with Crippen molar-refractivity contribution in [2.24, 2.45) is 0 Å². The van der Waals surface area contributed by atoms with Crippen molar-refractivity contribution in [1.82, 2.24) is 5.32 Å². The van der Waals surface area contributed by atoms with Gasteiger partial charge in [-0.25, -0.2) is 8.78 Å². The van der Waals surface area contributed by atoms with Crippen LogP contribution >= 0.6 is 0 Å². The Morgan fingerprint density at radius 3 is 2.37 bits per heavy atom. The van der Waals surface area contributed by atoms with Crippen LogP contribution in [0.3, 0.4) is 0 Å². The molecule has 104 valence electrons. The highest BCUT2D eigenvalue weighted by molar-refractivity contribution is 5.96. The normalized spacial score (nSPS) is 22.2. The van der Waals surface area contributed by atoms with Crippen LogP contribution in [-0.2, 0) is 6.18 Å². The monoisotopic (exact) mass is 279 g/mol. The molecule has 0 radical (unpaired) electrons. The molecule has 1 fully saturated rings. The van der Waals surface area contributed by atoms with Gasteiger partial charge in [-0.15, -0.1) is 0 Å². The van der Waals surface area contributed by atoms with Crippen LogP contribution in [0.4, 0.5) is 22.0 Å². The molecule has 2 nitrogen and oxygen atoms in total. The Bertz CT molecular complexity index is 526. The average Bonchev–Trinajstić information content (AvgIpc) is 3.02. The van der Waals surface area contributed by atoms with E-state index in [4.69, 9.17) is 0 Å². The van der Waals surface area contributed by atoms with Crippen LogP contribution in [0.2, 0.25) is 0 Å².